The van der Waals surface area contributed by atoms with E-state index in [4.69, 9.17) is 4.74 Å². The molecule has 1 unspecified atom stereocenters. The Hall–Kier alpha value is -3.54. The van der Waals surface area contributed by atoms with E-state index in [2.05, 4.69) is 10.3 Å². The molecule has 0 saturated carbocycles. The molecule has 36 heavy (non-hydrogen) atoms. The summed E-state index contributed by atoms with van der Waals surface area (Å²) in [6.07, 6.45) is 2.15. The van der Waals surface area contributed by atoms with Crippen molar-refractivity contribution in [3.8, 4) is 16.2 Å². The van der Waals surface area contributed by atoms with Crippen LogP contribution in [0.25, 0.3) is 10.4 Å². The van der Waals surface area contributed by atoms with E-state index in [9.17, 15) is 18.3 Å². The van der Waals surface area contributed by atoms with Crippen molar-refractivity contribution >= 4 is 27.3 Å². The Balaban J connectivity index is 1.49. The van der Waals surface area contributed by atoms with Gasteiger partial charge in [-0.3, -0.25) is 4.79 Å². The van der Waals surface area contributed by atoms with Gasteiger partial charge in [0, 0.05) is 11.9 Å². The molecule has 4 aromatic rings. The molecule has 0 saturated heterocycles. The zero-order chi connectivity index (χ0) is 25.7. The summed E-state index contributed by atoms with van der Waals surface area (Å²) < 4.78 is 34.2. The van der Waals surface area contributed by atoms with Crippen molar-refractivity contribution in [1.82, 2.24) is 19.3 Å². The third kappa shape index (κ3) is 5.99. The van der Waals surface area contributed by atoms with Crippen LogP contribution in [-0.2, 0) is 32.5 Å². The molecule has 2 aromatic heterocycles. The molecule has 9 nitrogen and oxygen atoms in total. The molecular formula is C25H26N4O5S2. The highest BCUT2D eigenvalue weighted by Crippen LogP contribution is 2.32. The standard InChI is InChI=1S/C25H26N4O5S2/c1-28(36(32,33)25-13-12-23(35-25)19-6-4-3-5-7-19)16-20-17-29(27-26-20)21(15-24(31)34-2)14-18-8-10-22(30)11-9-18/h3-13,17,21,30H,14-16H2,1-2H3. The van der Waals surface area contributed by atoms with Gasteiger partial charge < -0.3 is 9.84 Å². The maximum Gasteiger partial charge on any atom is 0.307 e. The van der Waals surface area contributed by atoms with E-state index in [0.29, 0.717) is 12.1 Å². The van der Waals surface area contributed by atoms with Gasteiger partial charge in [0.05, 0.1) is 38.0 Å². The number of ether oxygens (including phenoxy) is 1. The maximum absolute atomic E-state index is 13.2. The first-order valence-electron chi connectivity index (χ1n) is 11.1. The summed E-state index contributed by atoms with van der Waals surface area (Å²) in [5.41, 5.74) is 2.30. The molecule has 0 bridgehead atoms. The van der Waals surface area contributed by atoms with Crippen LogP contribution in [0.5, 0.6) is 5.75 Å². The Morgan fingerprint density at radius 2 is 1.83 bits per heavy atom. The molecule has 0 radical (unpaired) electrons. The molecule has 0 aliphatic rings. The van der Waals surface area contributed by atoms with Crippen molar-refractivity contribution in [3.05, 3.63) is 84.2 Å². The fourth-order valence-electron chi connectivity index (χ4n) is 3.69. The second kappa shape index (κ2) is 11.0. The summed E-state index contributed by atoms with van der Waals surface area (Å²) in [6, 6.07) is 19.3. The molecule has 4 rings (SSSR count). The number of carbonyl (C=O) groups is 1. The van der Waals surface area contributed by atoms with Crippen LogP contribution in [0.2, 0.25) is 0 Å². The van der Waals surface area contributed by atoms with Crippen LogP contribution in [0.4, 0.5) is 0 Å². The summed E-state index contributed by atoms with van der Waals surface area (Å²) >= 11 is 1.21. The summed E-state index contributed by atoms with van der Waals surface area (Å²) in [5, 5.41) is 17.8. The topological polar surface area (TPSA) is 115 Å². The molecule has 0 fully saturated rings. The van der Waals surface area contributed by atoms with Crippen LogP contribution in [0.1, 0.15) is 23.7 Å². The number of carbonyl (C=O) groups excluding carboxylic acids is 1. The van der Waals surface area contributed by atoms with E-state index in [-0.39, 0.29) is 22.9 Å². The highest BCUT2D eigenvalue weighted by Gasteiger charge is 2.25. The number of benzene rings is 2. The number of hydrogen-bond acceptors (Lipinski definition) is 8. The van der Waals surface area contributed by atoms with E-state index >= 15 is 0 Å². The van der Waals surface area contributed by atoms with E-state index in [1.165, 1.54) is 29.8 Å². The van der Waals surface area contributed by atoms with Gasteiger partial charge >= 0.3 is 5.97 Å². The van der Waals surface area contributed by atoms with Gasteiger partial charge in [-0.05, 0) is 41.8 Å². The number of aromatic hydroxyl groups is 1. The maximum atomic E-state index is 13.2. The van der Waals surface area contributed by atoms with Crippen molar-refractivity contribution in [1.29, 1.82) is 0 Å². The third-order valence-corrected chi connectivity index (χ3v) is 9.06. The Morgan fingerprint density at radius 1 is 1.11 bits per heavy atom. The lowest BCUT2D eigenvalue weighted by atomic mass is 10.0. The summed E-state index contributed by atoms with van der Waals surface area (Å²) in [7, 11) is -0.915. The van der Waals surface area contributed by atoms with Gasteiger partial charge in [-0.15, -0.1) is 16.4 Å². The van der Waals surface area contributed by atoms with E-state index in [1.54, 1.807) is 47.3 Å². The normalized spacial score (nSPS) is 12.5. The lowest BCUT2D eigenvalue weighted by molar-refractivity contribution is -0.141. The molecule has 0 spiro atoms. The first-order valence-corrected chi connectivity index (χ1v) is 13.4. The smallest absolute Gasteiger partial charge is 0.307 e. The van der Waals surface area contributed by atoms with E-state index in [1.807, 2.05) is 30.3 Å². The summed E-state index contributed by atoms with van der Waals surface area (Å²) in [6.45, 7) is 0.0189. The number of aromatic nitrogens is 3. The summed E-state index contributed by atoms with van der Waals surface area (Å²) in [5.74, 6) is -0.250. The van der Waals surface area contributed by atoms with Gasteiger partial charge in [0.25, 0.3) is 10.0 Å². The van der Waals surface area contributed by atoms with E-state index < -0.39 is 22.0 Å². The SMILES string of the molecule is COC(=O)CC(Cc1ccc(O)cc1)n1cc(CN(C)S(=O)(=O)c2ccc(-c3ccccc3)s2)nn1. The second-order valence-electron chi connectivity index (χ2n) is 8.24. The molecule has 0 amide bonds. The van der Waals surface area contributed by atoms with Gasteiger partial charge in [-0.25, -0.2) is 13.1 Å². The number of hydrogen-bond donors (Lipinski definition) is 1. The molecule has 2 aromatic carbocycles. The van der Waals surface area contributed by atoms with Gasteiger partial charge in [0.2, 0.25) is 0 Å². The highest BCUT2D eigenvalue weighted by molar-refractivity contribution is 7.91. The Bertz CT molecular complexity index is 1420. The predicted octanol–water partition coefficient (Wildman–Crippen LogP) is 3.88. The van der Waals surface area contributed by atoms with Crippen LogP contribution in [0, 0.1) is 0 Å². The number of rotatable bonds is 10. The molecule has 2 heterocycles. The molecule has 1 atom stereocenters. The quantitative estimate of drug-likeness (QED) is 0.312. The Labute approximate surface area is 213 Å². The number of thiophene rings is 1. The average molecular weight is 527 g/mol. The Kier molecular flexibility index (Phi) is 7.82. The fourth-order valence-corrected chi connectivity index (χ4v) is 6.35. The van der Waals surface area contributed by atoms with Crippen LogP contribution >= 0.6 is 11.3 Å². The molecule has 11 heteroatoms. The fraction of sp³-hybridized carbons (Fsp3) is 0.240. The summed E-state index contributed by atoms with van der Waals surface area (Å²) in [4.78, 5) is 12.9. The first-order chi connectivity index (χ1) is 17.3. The van der Waals surface area contributed by atoms with Crippen LogP contribution in [-0.4, -0.2) is 53.0 Å². The van der Waals surface area contributed by atoms with Crippen molar-refractivity contribution in [2.45, 2.75) is 29.6 Å². The molecule has 0 aliphatic carbocycles. The van der Waals surface area contributed by atoms with Crippen LogP contribution in [0.15, 0.2) is 77.1 Å². The van der Waals surface area contributed by atoms with Gasteiger partial charge in [-0.2, -0.15) is 4.31 Å². The minimum absolute atomic E-state index is 0.0189. The zero-order valence-electron chi connectivity index (χ0n) is 19.8. The number of nitrogens with zero attached hydrogens (tertiary/aromatic N) is 4. The number of sulfonamides is 1. The highest BCUT2D eigenvalue weighted by atomic mass is 32.2. The number of esters is 1. The molecule has 188 valence electrons. The molecular weight excluding hydrogens is 500 g/mol. The van der Waals surface area contributed by atoms with E-state index in [0.717, 1.165) is 16.0 Å². The number of methoxy groups -OCH3 is 1. The van der Waals surface area contributed by atoms with Gasteiger partial charge in [0.15, 0.2) is 0 Å². The van der Waals surface area contributed by atoms with Gasteiger partial charge in [0.1, 0.15) is 9.96 Å². The largest absolute Gasteiger partial charge is 0.508 e. The molecule has 1 N–H and O–H groups in total. The van der Waals surface area contributed by atoms with Crippen molar-refractivity contribution in [3.63, 3.8) is 0 Å². The predicted molar refractivity (Wildman–Crippen MR) is 136 cm³/mol. The number of phenols is 1. The minimum atomic E-state index is -3.73. The van der Waals surface area contributed by atoms with Crippen molar-refractivity contribution < 1.29 is 23.1 Å². The van der Waals surface area contributed by atoms with Crippen molar-refractivity contribution in [2.24, 2.45) is 0 Å². The monoisotopic (exact) mass is 526 g/mol. The lowest BCUT2D eigenvalue weighted by Gasteiger charge is -2.16. The van der Waals surface area contributed by atoms with Crippen molar-refractivity contribution in [2.75, 3.05) is 14.2 Å². The number of phenolic OH excluding ortho intramolecular Hbond substituents is 1. The zero-order valence-corrected chi connectivity index (χ0v) is 21.4. The molecule has 0 aliphatic heterocycles. The first kappa shape index (κ1) is 25.5. The Morgan fingerprint density at radius 3 is 2.53 bits per heavy atom. The van der Waals surface area contributed by atoms with Crippen LogP contribution < -0.4 is 0 Å². The van der Waals surface area contributed by atoms with Crippen LogP contribution in [0.3, 0.4) is 0 Å². The average Bonchev–Trinajstić information content (AvgIpc) is 3.56. The van der Waals surface area contributed by atoms with Gasteiger partial charge in [-0.1, -0.05) is 47.7 Å². The third-order valence-electron chi connectivity index (χ3n) is 5.66. The minimum Gasteiger partial charge on any atom is -0.508 e. The second-order valence-corrected chi connectivity index (χ2v) is 11.6. The lowest BCUT2D eigenvalue weighted by Crippen LogP contribution is -2.26.